The number of benzene rings is 1. The third kappa shape index (κ3) is 2.94. The van der Waals surface area contributed by atoms with Crippen molar-refractivity contribution in [2.75, 3.05) is 23.7 Å². The summed E-state index contributed by atoms with van der Waals surface area (Å²) in [5.74, 6) is 1.14. The zero-order valence-corrected chi connectivity index (χ0v) is 12.1. The van der Waals surface area contributed by atoms with Gasteiger partial charge in [0.25, 0.3) is 0 Å². The standard InChI is InChI=1S/C15H23FN2O/c1-9(2)19-15-6-14(13(17)5-12(15)16)18-7-10(3)11(4)8-18/h5-6,9-11H,7-8,17H2,1-4H3. The van der Waals surface area contributed by atoms with Crippen LogP contribution in [0, 0.1) is 17.7 Å². The SMILES string of the molecule is CC(C)Oc1cc(N2CC(C)C(C)C2)c(N)cc1F. The van der Waals surface area contributed by atoms with Crippen molar-refractivity contribution < 1.29 is 9.13 Å². The largest absolute Gasteiger partial charge is 0.488 e. The van der Waals surface area contributed by atoms with Gasteiger partial charge >= 0.3 is 0 Å². The first-order chi connectivity index (χ1) is 8.88. The quantitative estimate of drug-likeness (QED) is 0.853. The van der Waals surface area contributed by atoms with Crippen LogP contribution in [0.15, 0.2) is 12.1 Å². The summed E-state index contributed by atoms with van der Waals surface area (Å²) >= 11 is 0. The molecule has 2 atom stereocenters. The van der Waals surface area contributed by atoms with Crippen LogP contribution in [0.5, 0.6) is 5.75 Å². The van der Waals surface area contributed by atoms with Gasteiger partial charge in [-0.1, -0.05) is 13.8 Å². The third-order valence-corrected chi connectivity index (χ3v) is 3.77. The molecule has 2 rings (SSSR count). The molecule has 1 aromatic carbocycles. The maximum Gasteiger partial charge on any atom is 0.167 e. The topological polar surface area (TPSA) is 38.5 Å². The van der Waals surface area contributed by atoms with E-state index in [2.05, 4.69) is 18.7 Å². The summed E-state index contributed by atoms with van der Waals surface area (Å²) in [4.78, 5) is 2.22. The second kappa shape index (κ2) is 5.27. The Labute approximate surface area is 114 Å². The molecule has 2 N–H and O–H groups in total. The first kappa shape index (κ1) is 14.0. The lowest BCUT2D eigenvalue weighted by molar-refractivity contribution is 0.231. The van der Waals surface area contributed by atoms with Crippen LogP contribution in [0.3, 0.4) is 0 Å². The average molecular weight is 266 g/mol. The summed E-state index contributed by atoms with van der Waals surface area (Å²) in [6, 6.07) is 3.09. The van der Waals surface area contributed by atoms with Crippen LogP contribution in [-0.2, 0) is 0 Å². The highest BCUT2D eigenvalue weighted by atomic mass is 19.1. The maximum atomic E-state index is 13.8. The summed E-state index contributed by atoms with van der Waals surface area (Å²) < 4.78 is 19.3. The van der Waals surface area contributed by atoms with E-state index in [1.54, 1.807) is 6.07 Å². The van der Waals surface area contributed by atoms with Crippen LogP contribution in [-0.4, -0.2) is 19.2 Å². The van der Waals surface area contributed by atoms with Gasteiger partial charge in [-0.15, -0.1) is 0 Å². The van der Waals surface area contributed by atoms with E-state index < -0.39 is 5.82 Å². The average Bonchev–Trinajstić information content (AvgIpc) is 2.62. The first-order valence-corrected chi connectivity index (χ1v) is 6.89. The molecule has 0 aliphatic carbocycles. The minimum Gasteiger partial charge on any atom is -0.488 e. The van der Waals surface area contributed by atoms with Crippen molar-refractivity contribution in [3.8, 4) is 5.75 Å². The predicted molar refractivity (Wildman–Crippen MR) is 77.1 cm³/mol. The normalized spacial score (nSPS) is 23.2. The number of rotatable bonds is 3. The van der Waals surface area contributed by atoms with Crippen molar-refractivity contribution in [2.24, 2.45) is 11.8 Å². The second-order valence-corrected chi connectivity index (χ2v) is 5.87. The minimum atomic E-state index is -0.393. The Morgan fingerprint density at radius 3 is 2.37 bits per heavy atom. The van der Waals surface area contributed by atoms with Crippen molar-refractivity contribution in [3.05, 3.63) is 17.9 Å². The molecule has 2 unspecified atom stereocenters. The molecular weight excluding hydrogens is 243 g/mol. The van der Waals surface area contributed by atoms with Gasteiger partial charge in [0.15, 0.2) is 11.6 Å². The monoisotopic (exact) mass is 266 g/mol. The fraction of sp³-hybridized carbons (Fsp3) is 0.600. The number of anilines is 2. The van der Waals surface area contributed by atoms with E-state index >= 15 is 0 Å². The molecule has 106 valence electrons. The van der Waals surface area contributed by atoms with Crippen LogP contribution in [0.25, 0.3) is 0 Å². The van der Waals surface area contributed by atoms with Crippen LogP contribution in [0.2, 0.25) is 0 Å². The third-order valence-electron chi connectivity index (χ3n) is 3.77. The fourth-order valence-electron chi connectivity index (χ4n) is 2.50. The first-order valence-electron chi connectivity index (χ1n) is 6.89. The van der Waals surface area contributed by atoms with Crippen molar-refractivity contribution >= 4 is 11.4 Å². The zero-order chi connectivity index (χ0) is 14.2. The number of hydrogen-bond acceptors (Lipinski definition) is 3. The highest BCUT2D eigenvalue weighted by molar-refractivity contribution is 5.70. The number of nitrogen functional groups attached to an aromatic ring is 1. The lowest BCUT2D eigenvalue weighted by Crippen LogP contribution is -2.21. The lowest BCUT2D eigenvalue weighted by atomic mass is 10.0. The number of nitrogens with two attached hydrogens (primary N) is 1. The highest BCUT2D eigenvalue weighted by Crippen LogP contribution is 2.35. The molecule has 1 saturated heterocycles. The Morgan fingerprint density at radius 2 is 1.84 bits per heavy atom. The minimum absolute atomic E-state index is 0.0533. The van der Waals surface area contributed by atoms with E-state index in [9.17, 15) is 4.39 Å². The molecule has 0 saturated carbocycles. The molecule has 3 nitrogen and oxygen atoms in total. The molecule has 0 spiro atoms. The van der Waals surface area contributed by atoms with Gasteiger partial charge in [0.05, 0.1) is 17.5 Å². The van der Waals surface area contributed by atoms with Crippen molar-refractivity contribution in [2.45, 2.75) is 33.8 Å². The molecule has 1 aliphatic heterocycles. The molecule has 1 fully saturated rings. The van der Waals surface area contributed by atoms with E-state index in [1.165, 1.54) is 6.07 Å². The van der Waals surface area contributed by atoms with Gasteiger partial charge in [-0.05, 0) is 25.7 Å². The summed E-state index contributed by atoms with van der Waals surface area (Å²) in [5.41, 5.74) is 7.32. The summed E-state index contributed by atoms with van der Waals surface area (Å²) in [7, 11) is 0. The Balaban J connectivity index is 2.30. The van der Waals surface area contributed by atoms with Gasteiger partial charge in [-0.25, -0.2) is 4.39 Å². The fourth-order valence-corrected chi connectivity index (χ4v) is 2.50. The zero-order valence-electron chi connectivity index (χ0n) is 12.1. The molecule has 0 radical (unpaired) electrons. The van der Waals surface area contributed by atoms with E-state index in [-0.39, 0.29) is 11.9 Å². The predicted octanol–water partition coefficient (Wildman–Crippen LogP) is 3.29. The Morgan fingerprint density at radius 1 is 1.26 bits per heavy atom. The number of ether oxygens (including phenoxy) is 1. The van der Waals surface area contributed by atoms with E-state index in [0.29, 0.717) is 17.5 Å². The van der Waals surface area contributed by atoms with Crippen molar-refractivity contribution in [3.63, 3.8) is 0 Å². The van der Waals surface area contributed by atoms with Gasteiger partial charge < -0.3 is 15.4 Å². The molecule has 1 heterocycles. The number of halogens is 1. The summed E-state index contributed by atoms with van der Waals surface area (Å²) in [6.45, 7) is 10.1. The smallest absolute Gasteiger partial charge is 0.167 e. The van der Waals surface area contributed by atoms with Gasteiger partial charge in [-0.3, -0.25) is 0 Å². The Kier molecular flexibility index (Phi) is 3.88. The lowest BCUT2D eigenvalue weighted by Gasteiger charge is -2.22. The Hall–Kier alpha value is -1.45. The van der Waals surface area contributed by atoms with E-state index in [0.717, 1.165) is 18.8 Å². The molecule has 1 aliphatic rings. The van der Waals surface area contributed by atoms with Crippen LogP contribution in [0.1, 0.15) is 27.7 Å². The van der Waals surface area contributed by atoms with E-state index in [4.69, 9.17) is 10.5 Å². The second-order valence-electron chi connectivity index (χ2n) is 5.87. The molecule has 4 heteroatoms. The maximum absolute atomic E-state index is 13.8. The van der Waals surface area contributed by atoms with Gasteiger partial charge in [-0.2, -0.15) is 0 Å². The van der Waals surface area contributed by atoms with Crippen LogP contribution >= 0.6 is 0 Å². The van der Waals surface area contributed by atoms with Gasteiger partial charge in [0, 0.05) is 25.2 Å². The molecule has 19 heavy (non-hydrogen) atoms. The van der Waals surface area contributed by atoms with Gasteiger partial charge in [0.1, 0.15) is 0 Å². The number of nitrogens with zero attached hydrogens (tertiary/aromatic N) is 1. The highest BCUT2D eigenvalue weighted by Gasteiger charge is 2.28. The molecule has 1 aromatic rings. The molecule has 0 bridgehead atoms. The van der Waals surface area contributed by atoms with Crippen LogP contribution in [0.4, 0.5) is 15.8 Å². The van der Waals surface area contributed by atoms with Gasteiger partial charge in [0.2, 0.25) is 0 Å². The molecular formula is C15H23FN2O. The van der Waals surface area contributed by atoms with Crippen LogP contribution < -0.4 is 15.4 Å². The number of hydrogen-bond donors (Lipinski definition) is 1. The summed E-state index contributed by atoms with van der Waals surface area (Å²) in [6.07, 6.45) is -0.0533. The van der Waals surface area contributed by atoms with E-state index in [1.807, 2.05) is 13.8 Å². The molecule has 0 aromatic heterocycles. The van der Waals surface area contributed by atoms with Crippen molar-refractivity contribution in [1.29, 1.82) is 0 Å². The Bertz CT molecular complexity index is 452. The van der Waals surface area contributed by atoms with Crippen molar-refractivity contribution in [1.82, 2.24) is 0 Å². The molecule has 0 amide bonds. The summed E-state index contributed by atoms with van der Waals surface area (Å²) in [5, 5.41) is 0.